The number of amides is 1. The Bertz CT molecular complexity index is 752. The molecule has 0 atom stereocenters. The van der Waals surface area contributed by atoms with Crippen LogP contribution in [-0.4, -0.2) is 12.5 Å². The zero-order chi connectivity index (χ0) is 16.9. The zero-order valence-corrected chi connectivity index (χ0v) is 12.4. The molecule has 0 radical (unpaired) electrons. The van der Waals surface area contributed by atoms with E-state index in [2.05, 4.69) is 17.2 Å². The molecule has 0 aliphatic rings. The van der Waals surface area contributed by atoms with E-state index in [1.54, 1.807) is 12.1 Å². The second kappa shape index (κ2) is 7.01. The van der Waals surface area contributed by atoms with E-state index < -0.39 is 11.7 Å². The average molecular weight is 317 g/mol. The first kappa shape index (κ1) is 16.6. The number of nitrogens with one attached hydrogen (secondary N) is 1. The SMILES string of the molecule is Cc1ccc(C(=O)NCC#Cc2cccc(C(F)(F)F)c2)cc1. The van der Waals surface area contributed by atoms with Crippen LogP contribution < -0.4 is 5.32 Å². The van der Waals surface area contributed by atoms with Crippen molar-refractivity contribution in [2.24, 2.45) is 0 Å². The molecule has 5 heteroatoms. The van der Waals surface area contributed by atoms with Gasteiger partial charge in [-0.3, -0.25) is 4.79 Å². The average Bonchev–Trinajstić information content (AvgIpc) is 2.51. The molecule has 0 aromatic heterocycles. The third-order valence-corrected chi connectivity index (χ3v) is 3.07. The number of aryl methyl sites for hydroxylation is 1. The molecule has 2 aromatic rings. The van der Waals surface area contributed by atoms with Gasteiger partial charge in [0.2, 0.25) is 0 Å². The minimum absolute atomic E-state index is 0.0585. The van der Waals surface area contributed by atoms with Gasteiger partial charge in [-0.1, -0.05) is 35.6 Å². The molecule has 0 saturated heterocycles. The molecule has 118 valence electrons. The molecule has 0 unspecified atom stereocenters. The Morgan fingerprint density at radius 2 is 1.83 bits per heavy atom. The van der Waals surface area contributed by atoms with Gasteiger partial charge in [0.1, 0.15) is 0 Å². The summed E-state index contributed by atoms with van der Waals surface area (Å²) in [7, 11) is 0. The fourth-order valence-corrected chi connectivity index (χ4v) is 1.85. The fraction of sp³-hybridized carbons (Fsp3) is 0.167. The van der Waals surface area contributed by atoms with Crippen LogP contribution in [0, 0.1) is 18.8 Å². The minimum Gasteiger partial charge on any atom is -0.341 e. The molecule has 0 heterocycles. The summed E-state index contributed by atoms with van der Waals surface area (Å²) < 4.78 is 37.7. The molecule has 2 nitrogen and oxygen atoms in total. The van der Waals surface area contributed by atoms with Gasteiger partial charge < -0.3 is 5.32 Å². The summed E-state index contributed by atoms with van der Waals surface area (Å²) >= 11 is 0. The summed E-state index contributed by atoms with van der Waals surface area (Å²) in [5.74, 6) is 4.98. The highest BCUT2D eigenvalue weighted by atomic mass is 19.4. The molecule has 0 bridgehead atoms. The lowest BCUT2D eigenvalue weighted by Crippen LogP contribution is -2.23. The highest BCUT2D eigenvalue weighted by Gasteiger charge is 2.30. The Labute approximate surface area is 132 Å². The van der Waals surface area contributed by atoms with Crippen molar-refractivity contribution in [3.8, 4) is 11.8 Å². The van der Waals surface area contributed by atoms with Crippen LogP contribution in [0.3, 0.4) is 0 Å². The second-order valence-electron chi connectivity index (χ2n) is 4.93. The Kier molecular flexibility index (Phi) is 5.07. The van der Waals surface area contributed by atoms with Gasteiger partial charge in [0.05, 0.1) is 12.1 Å². The monoisotopic (exact) mass is 317 g/mol. The predicted molar refractivity (Wildman–Crippen MR) is 81.8 cm³/mol. The topological polar surface area (TPSA) is 29.1 Å². The van der Waals surface area contributed by atoms with Crippen LogP contribution >= 0.6 is 0 Å². The minimum atomic E-state index is -4.39. The maximum absolute atomic E-state index is 12.6. The zero-order valence-electron chi connectivity index (χ0n) is 12.4. The van der Waals surface area contributed by atoms with Crippen molar-refractivity contribution >= 4 is 5.91 Å². The molecule has 23 heavy (non-hydrogen) atoms. The Balaban J connectivity index is 1.96. The lowest BCUT2D eigenvalue weighted by Gasteiger charge is -2.05. The summed E-state index contributed by atoms with van der Waals surface area (Å²) in [6, 6.07) is 11.8. The van der Waals surface area contributed by atoms with Gasteiger partial charge in [0.25, 0.3) is 5.91 Å². The van der Waals surface area contributed by atoms with Gasteiger partial charge >= 0.3 is 6.18 Å². The fourth-order valence-electron chi connectivity index (χ4n) is 1.85. The van der Waals surface area contributed by atoms with Crippen molar-refractivity contribution in [3.63, 3.8) is 0 Å². The Hall–Kier alpha value is -2.74. The molecule has 0 aliphatic heterocycles. The molecule has 1 N–H and O–H groups in total. The second-order valence-corrected chi connectivity index (χ2v) is 4.93. The Morgan fingerprint density at radius 3 is 2.48 bits per heavy atom. The lowest BCUT2D eigenvalue weighted by molar-refractivity contribution is -0.137. The van der Waals surface area contributed by atoms with Crippen molar-refractivity contribution < 1.29 is 18.0 Å². The van der Waals surface area contributed by atoms with Crippen LogP contribution in [0.25, 0.3) is 0 Å². The van der Waals surface area contributed by atoms with Gasteiger partial charge in [-0.05, 0) is 37.3 Å². The molecular weight excluding hydrogens is 303 g/mol. The number of rotatable bonds is 2. The van der Waals surface area contributed by atoms with E-state index in [9.17, 15) is 18.0 Å². The molecule has 2 aromatic carbocycles. The molecule has 0 aliphatic carbocycles. The first-order valence-corrected chi connectivity index (χ1v) is 6.87. The highest BCUT2D eigenvalue weighted by Crippen LogP contribution is 2.29. The number of hydrogen-bond acceptors (Lipinski definition) is 1. The largest absolute Gasteiger partial charge is 0.416 e. The van der Waals surface area contributed by atoms with E-state index in [0.29, 0.717) is 5.56 Å². The molecular formula is C18H14F3NO. The normalized spacial score (nSPS) is 10.6. The summed E-state index contributed by atoms with van der Waals surface area (Å²) in [6.45, 7) is 1.98. The number of carbonyl (C=O) groups excluding carboxylic acids is 1. The van der Waals surface area contributed by atoms with Crippen LogP contribution in [0.2, 0.25) is 0 Å². The number of halogens is 3. The van der Waals surface area contributed by atoms with Crippen molar-refractivity contribution in [1.82, 2.24) is 5.32 Å². The molecule has 0 spiro atoms. The van der Waals surface area contributed by atoms with E-state index in [1.807, 2.05) is 19.1 Å². The van der Waals surface area contributed by atoms with Crippen LogP contribution in [0.4, 0.5) is 13.2 Å². The first-order chi connectivity index (χ1) is 10.9. The summed E-state index contributed by atoms with van der Waals surface area (Å²) in [5.41, 5.74) is 1.07. The number of hydrogen-bond donors (Lipinski definition) is 1. The van der Waals surface area contributed by atoms with E-state index in [4.69, 9.17) is 0 Å². The van der Waals surface area contributed by atoms with E-state index in [-0.39, 0.29) is 18.0 Å². The number of alkyl halides is 3. The summed E-state index contributed by atoms with van der Waals surface area (Å²) in [6.07, 6.45) is -4.39. The molecule has 0 saturated carbocycles. The predicted octanol–water partition coefficient (Wildman–Crippen LogP) is 3.80. The quantitative estimate of drug-likeness (QED) is 0.839. The van der Waals surface area contributed by atoms with Gasteiger partial charge in [0.15, 0.2) is 0 Å². The van der Waals surface area contributed by atoms with Crippen LogP contribution in [0.15, 0.2) is 48.5 Å². The first-order valence-electron chi connectivity index (χ1n) is 6.87. The smallest absolute Gasteiger partial charge is 0.341 e. The third kappa shape index (κ3) is 4.89. The van der Waals surface area contributed by atoms with Gasteiger partial charge in [-0.2, -0.15) is 13.2 Å². The van der Waals surface area contributed by atoms with Crippen molar-refractivity contribution in [2.45, 2.75) is 13.1 Å². The van der Waals surface area contributed by atoms with Crippen molar-refractivity contribution in [2.75, 3.05) is 6.54 Å². The summed E-state index contributed by atoms with van der Waals surface area (Å²) in [5, 5.41) is 2.60. The number of carbonyl (C=O) groups is 1. The van der Waals surface area contributed by atoms with Crippen LogP contribution in [0.5, 0.6) is 0 Å². The van der Waals surface area contributed by atoms with E-state index in [1.165, 1.54) is 12.1 Å². The van der Waals surface area contributed by atoms with Crippen LogP contribution in [-0.2, 0) is 6.18 Å². The maximum atomic E-state index is 12.6. The van der Waals surface area contributed by atoms with E-state index >= 15 is 0 Å². The molecule has 0 fully saturated rings. The highest BCUT2D eigenvalue weighted by molar-refractivity contribution is 5.94. The Morgan fingerprint density at radius 1 is 1.13 bits per heavy atom. The maximum Gasteiger partial charge on any atom is 0.416 e. The van der Waals surface area contributed by atoms with Crippen molar-refractivity contribution in [1.29, 1.82) is 0 Å². The van der Waals surface area contributed by atoms with Crippen LogP contribution in [0.1, 0.15) is 27.0 Å². The van der Waals surface area contributed by atoms with Crippen molar-refractivity contribution in [3.05, 3.63) is 70.8 Å². The third-order valence-electron chi connectivity index (χ3n) is 3.07. The number of benzene rings is 2. The standard InChI is InChI=1S/C18H14F3NO/c1-13-7-9-15(10-8-13)17(23)22-11-3-5-14-4-2-6-16(12-14)18(19,20)21/h2,4,6-10,12H,11H2,1H3,(H,22,23). The van der Waals surface area contributed by atoms with E-state index in [0.717, 1.165) is 17.7 Å². The van der Waals surface area contributed by atoms with Gasteiger partial charge in [-0.25, -0.2) is 0 Å². The lowest BCUT2D eigenvalue weighted by atomic mass is 10.1. The van der Waals surface area contributed by atoms with Gasteiger partial charge in [-0.15, -0.1) is 0 Å². The molecule has 2 rings (SSSR count). The summed E-state index contributed by atoms with van der Waals surface area (Å²) in [4.78, 5) is 11.8. The van der Waals surface area contributed by atoms with Gasteiger partial charge in [0, 0.05) is 11.1 Å². The molecule has 1 amide bonds.